The number of rotatable bonds is 7. The van der Waals surface area contributed by atoms with Gasteiger partial charge in [-0.05, 0) is 12.5 Å². The number of aliphatic carboxylic acids is 1. The Labute approximate surface area is 100 Å². The summed E-state index contributed by atoms with van der Waals surface area (Å²) in [4.78, 5) is 22.3. The van der Waals surface area contributed by atoms with Crippen molar-refractivity contribution in [2.24, 2.45) is 0 Å². The van der Waals surface area contributed by atoms with Gasteiger partial charge in [-0.2, -0.15) is 0 Å². The fraction of sp³-hybridized carbons (Fsp3) is 0.385. The lowest BCUT2D eigenvalue weighted by molar-refractivity contribution is -0.140. The topological polar surface area (TPSA) is 63.6 Å². The number of carbonyl (C=O) groups is 2. The molecule has 0 spiro atoms. The van der Waals surface area contributed by atoms with E-state index in [-0.39, 0.29) is 18.6 Å². The summed E-state index contributed by atoms with van der Waals surface area (Å²) in [5.41, 5.74) is 0.768. The van der Waals surface area contributed by atoms with E-state index >= 15 is 0 Å². The Morgan fingerprint density at radius 1 is 1.24 bits per heavy atom. The molecule has 4 nitrogen and oxygen atoms in total. The first-order valence-electron chi connectivity index (χ1n) is 5.56. The maximum atomic E-state index is 11.8. The van der Waals surface area contributed by atoms with E-state index in [9.17, 15) is 9.59 Å². The van der Waals surface area contributed by atoms with Crippen molar-refractivity contribution < 1.29 is 19.4 Å². The van der Waals surface area contributed by atoms with Crippen LogP contribution < -0.4 is 0 Å². The summed E-state index contributed by atoms with van der Waals surface area (Å²) in [6.45, 7) is 2.22. The van der Waals surface area contributed by atoms with Gasteiger partial charge in [0.1, 0.15) is 6.10 Å². The zero-order valence-electron chi connectivity index (χ0n) is 9.76. The van der Waals surface area contributed by atoms with Gasteiger partial charge in [0.2, 0.25) is 0 Å². The van der Waals surface area contributed by atoms with E-state index in [1.165, 1.54) is 0 Å². The molecule has 0 aromatic heterocycles. The Morgan fingerprint density at radius 3 is 2.41 bits per heavy atom. The SMILES string of the molecule is CCOC(C(=O)CCC(=O)O)c1ccccc1. The van der Waals surface area contributed by atoms with Crippen molar-refractivity contribution in [3.05, 3.63) is 35.9 Å². The normalized spacial score (nSPS) is 12.1. The highest BCUT2D eigenvalue weighted by Gasteiger charge is 2.20. The van der Waals surface area contributed by atoms with Crippen LogP contribution in [0, 0.1) is 0 Å². The molecule has 0 fully saturated rings. The van der Waals surface area contributed by atoms with Gasteiger partial charge in [0.25, 0.3) is 0 Å². The molecule has 0 heterocycles. The number of Topliss-reactive ketones (excluding diaryl/α,β-unsaturated/α-hetero) is 1. The van der Waals surface area contributed by atoms with Crippen LogP contribution in [0.5, 0.6) is 0 Å². The van der Waals surface area contributed by atoms with Crippen LogP contribution in [-0.2, 0) is 14.3 Å². The second kappa shape index (κ2) is 6.81. The van der Waals surface area contributed by atoms with Gasteiger partial charge in [-0.3, -0.25) is 9.59 Å². The minimum Gasteiger partial charge on any atom is -0.481 e. The number of carbonyl (C=O) groups excluding carboxylic acids is 1. The van der Waals surface area contributed by atoms with Crippen molar-refractivity contribution in [1.29, 1.82) is 0 Å². The van der Waals surface area contributed by atoms with Gasteiger partial charge >= 0.3 is 5.97 Å². The van der Waals surface area contributed by atoms with Gasteiger partial charge < -0.3 is 9.84 Å². The average Bonchev–Trinajstić information content (AvgIpc) is 2.34. The molecule has 0 aliphatic heterocycles. The molecule has 0 bridgehead atoms. The molecule has 0 radical (unpaired) electrons. The maximum absolute atomic E-state index is 11.8. The molecule has 1 rings (SSSR count). The first-order valence-corrected chi connectivity index (χ1v) is 5.56. The fourth-order valence-electron chi connectivity index (χ4n) is 1.53. The average molecular weight is 236 g/mol. The van der Waals surface area contributed by atoms with Crippen LogP contribution in [-0.4, -0.2) is 23.5 Å². The summed E-state index contributed by atoms with van der Waals surface area (Å²) < 4.78 is 5.38. The molecular weight excluding hydrogens is 220 g/mol. The van der Waals surface area contributed by atoms with Gasteiger partial charge in [-0.25, -0.2) is 0 Å². The van der Waals surface area contributed by atoms with Gasteiger partial charge in [0, 0.05) is 13.0 Å². The van der Waals surface area contributed by atoms with Gasteiger partial charge in [-0.1, -0.05) is 30.3 Å². The summed E-state index contributed by atoms with van der Waals surface area (Å²) >= 11 is 0. The molecule has 1 aromatic carbocycles. The second-order valence-corrected chi connectivity index (χ2v) is 3.61. The number of hydrogen-bond acceptors (Lipinski definition) is 3. The fourth-order valence-corrected chi connectivity index (χ4v) is 1.53. The number of benzene rings is 1. The van der Waals surface area contributed by atoms with Gasteiger partial charge in [-0.15, -0.1) is 0 Å². The lowest BCUT2D eigenvalue weighted by Crippen LogP contribution is -2.17. The quantitative estimate of drug-likeness (QED) is 0.788. The van der Waals surface area contributed by atoms with E-state index in [4.69, 9.17) is 9.84 Å². The monoisotopic (exact) mass is 236 g/mol. The predicted octanol–water partition coefficient (Wildman–Crippen LogP) is 2.20. The molecule has 1 aromatic rings. The highest BCUT2D eigenvalue weighted by atomic mass is 16.5. The minimum absolute atomic E-state index is 0.00507. The molecule has 1 atom stereocenters. The molecule has 0 amide bonds. The van der Waals surface area contributed by atoms with Crippen LogP contribution in [0.3, 0.4) is 0 Å². The molecular formula is C13H16O4. The summed E-state index contributed by atoms with van der Waals surface area (Å²) in [6.07, 6.45) is -0.815. The third kappa shape index (κ3) is 4.36. The third-order valence-corrected chi connectivity index (χ3v) is 2.31. The zero-order valence-corrected chi connectivity index (χ0v) is 9.76. The molecule has 4 heteroatoms. The smallest absolute Gasteiger partial charge is 0.303 e. The molecule has 0 aliphatic rings. The summed E-state index contributed by atoms with van der Waals surface area (Å²) in [6, 6.07) is 9.11. The van der Waals surface area contributed by atoms with Crippen LogP contribution in [0.1, 0.15) is 31.4 Å². The molecule has 17 heavy (non-hydrogen) atoms. The first kappa shape index (κ1) is 13.4. The van der Waals surface area contributed by atoms with Crippen molar-refractivity contribution in [2.75, 3.05) is 6.61 Å². The van der Waals surface area contributed by atoms with Crippen molar-refractivity contribution >= 4 is 11.8 Å². The molecule has 1 N–H and O–H groups in total. The van der Waals surface area contributed by atoms with Crippen molar-refractivity contribution in [3.8, 4) is 0 Å². The van der Waals surface area contributed by atoms with E-state index in [0.717, 1.165) is 5.56 Å². The van der Waals surface area contributed by atoms with E-state index in [1.54, 1.807) is 19.1 Å². The standard InChI is InChI=1S/C13H16O4/c1-2-17-13(10-6-4-3-5-7-10)11(14)8-9-12(15)16/h3-7,13H,2,8-9H2,1H3,(H,15,16). The Hall–Kier alpha value is -1.68. The van der Waals surface area contributed by atoms with Crippen molar-refractivity contribution in [2.45, 2.75) is 25.9 Å². The van der Waals surface area contributed by atoms with Gasteiger partial charge in [0.15, 0.2) is 5.78 Å². The highest BCUT2D eigenvalue weighted by molar-refractivity contribution is 5.87. The predicted molar refractivity (Wildman–Crippen MR) is 62.7 cm³/mol. The second-order valence-electron chi connectivity index (χ2n) is 3.61. The molecule has 0 saturated carbocycles. The lowest BCUT2D eigenvalue weighted by Gasteiger charge is -2.15. The Balaban J connectivity index is 2.72. The van der Waals surface area contributed by atoms with Crippen molar-refractivity contribution in [1.82, 2.24) is 0 Å². The number of ether oxygens (including phenoxy) is 1. The highest BCUT2D eigenvalue weighted by Crippen LogP contribution is 2.20. The van der Waals surface area contributed by atoms with E-state index in [2.05, 4.69) is 0 Å². The lowest BCUT2D eigenvalue weighted by atomic mass is 10.0. The first-order chi connectivity index (χ1) is 8.15. The van der Waals surface area contributed by atoms with Crippen LogP contribution in [0.4, 0.5) is 0 Å². The molecule has 92 valence electrons. The summed E-state index contributed by atoms with van der Waals surface area (Å²) in [7, 11) is 0. The zero-order chi connectivity index (χ0) is 12.7. The van der Waals surface area contributed by atoms with E-state index < -0.39 is 12.1 Å². The van der Waals surface area contributed by atoms with Crippen molar-refractivity contribution in [3.63, 3.8) is 0 Å². The Morgan fingerprint density at radius 2 is 1.88 bits per heavy atom. The summed E-state index contributed by atoms with van der Waals surface area (Å²) in [5, 5.41) is 8.55. The van der Waals surface area contributed by atoms with E-state index in [1.807, 2.05) is 18.2 Å². The Bertz CT molecular complexity index is 372. The molecule has 1 unspecified atom stereocenters. The van der Waals surface area contributed by atoms with Crippen LogP contribution in [0.2, 0.25) is 0 Å². The molecule has 0 saturated heterocycles. The number of hydrogen-bond donors (Lipinski definition) is 1. The van der Waals surface area contributed by atoms with Crippen LogP contribution in [0.15, 0.2) is 30.3 Å². The largest absolute Gasteiger partial charge is 0.481 e. The Kier molecular flexibility index (Phi) is 5.36. The van der Waals surface area contributed by atoms with Crippen LogP contribution >= 0.6 is 0 Å². The number of carboxylic acid groups (broad SMARTS) is 1. The van der Waals surface area contributed by atoms with Gasteiger partial charge in [0.05, 0.1) is 6.42 Å². The van der Waals surface area contributed by atoms with Crippen LogP contribution in [0.25, 0.3) is 0 Å². The minimum atomic E-state index is -0.971. The third-order valence-electron chi connectivity index (χ3n) is 2.31. The van der Waals surface area contributed by atoms with E-state index in [0.29, 0.717) is 6.61 Å². The summed E-state index contributed by atoms with van der Waals surface area (Å²) in [5.74, 6) is -1.16. The number of carboxylic acids is 1. The number of ketones is 1. The maximum Gasteiger partial charge on any atom is 0.303 e. The molecule has 0 aliphatic carbocycles.